The standard InChI is InChI=1S/C15H28N4O/c1-6-19(8-9-20-7-2)15-17-11-14(13(5)18-15)10-16-12(3)4/h11-12,16H,6-10H2,1-5H3. The molecule has 1 rings (SSSR count). The van der Waals surface area contributed by atoms with Gasteiger partial charge in [0.15, 0.2) is 0 Å². The van der Waals surface area contributed by atoms with Crippen LogP contribution in [0, 0.1) is 6.92 Å². The largest absolute Gasteiger partial charge is 0.380 e. The third-order valence-electron chi connectivity index (χ3n) is 3.14. The lowest BCUT2D eigenvalue weighted by Gasteiger charge is -2.21. The molecule has 0 aliphatic rings. The van der Waals surface area contributed by atoms with E-state index in [-0.39, 0.29) is 0 Å². The Hall–Kier alpha value is -1.20. The number of hydrogen-bond acceptors (Lipinski definition) is 5. The minimum atomic E-state index is 0.465. The molecule has 0 saturated carbocycles. The van der Waals surface area contributed by atoms with Gasteiger partial charge in [-0.15, -0.1) is 0 Å². The molecule has 0 aliphatic carbocycles. The number of ether oxygens (including phenoxy) is 1. The second-order valence-electron chi connectivity index (χ2n) is 5.09. The Morgan fingerprint density at radius 1 is 1.35 bits per heavy atom. The highest BCUT2D eigenvalue weighted by atomic mass is 16.5. The second-order valence-corrected chi connectivity index (χ2v) is 5.09. The van der Waals surface area contributed by atoms with Crippen LogP contribution in [0.1, 0.15) is 39.0 Å². The molecular formula is C15H28N4O. The number of nitrogens with one attached hydrogen (secondary N) is 1. The number of nitrogens with zero attached hydrogens (tertiary/aromatic N) is 3. The van der Waals surface area contributed by atoms with Crippen LogP contribution in [-0.2, 0) is 11.3 Å². The fraction of sp³-hybridized carbons (Fsp3) is 0.733. The number of anilines is 1. The molecule has 0 fully saturated rings. The van der Waals surface area contributed by atoms with Crippen molar-refractivity contribution < 1.29 is 4.74 Å². The molecule has 5 nitrogen and oxygen atoms in total. The van der Waals surface area contributed by atoms with Gasteiger partial charge in [0.2, 0.25) is 5.95 Å². The third kappa shape index (κ3) is 5.43. The van der Waals surface area contributed by atoms with E-state index >= 15 is 0 Å². The summed E-state index contributed by atoms with van der Waals surface area (Å²) in [6.45, 7) is 14.4. The van der Waals surface area contributed by atoms with Crippen molar-refractivity contribution >= 4 is 5.95 Å². The maximum absolute atomic E-state index is 5.40. The predicted octanol–water partition coefficient (Wildman–Crippen LogP) is 2.15. The average Bonchev–Trinajstić information content (AvgIpc) is 2.42. The number of rotatable bonds is 9. The first kappa shape index (κ1) is 16.9. The van der Waals surface area contributed by atoms with Gasteiger partial charge in [0.1, 0.15) is 0 Å². The summed E-state index contributed by atoms with van der Waals surface area (Å²) in [4.78, 5) is 11.2. The molecule has 0 unspecified atom stereocenters. The summed E-state index contributed by atoms with van der Waals surface area (Å²) in [6, 6.07) is 0.465. The summed E-state index contributed by atoms with van der Waals surface area (Å²) in [5.41, 5.74) is 2.20. The van der Waals surface area contributed by atoms with Gasteiger partial charge in [-0.3, -0.25) is 0 Å². The molecule has 0 saturated heterocycles. The topological polar surface area (TPSA) is 50.3 Å². The molecule has 0 radical (unpaired) electrons. The van der Waals surface area contributed by atoms with Gasteiger partial charge in [-0.05, 0) is 20.8 Å². The molecule has 5 heteroatoms. The molecular weight excluding hydrogens is 252 g/mol. The minimum absolute atomic E-state index is 0.465. The van der Waals surface area contributed by atoms with Gasteiger partial charge >= 0.3 is 0 Å². The van der Waals surface area contributed by atoms with Gasteiger partial charge in [-0.2, -0.15) is 0 Å². The molecule has 0 amide bonds. The Bertz CT molecular complexity index is 395. The van der Waals surface area contributed by atoms with Gasteiger partial charge in [-0.25, -0.2) is 9.97 Å². The van der Waals surface area contributed by atoms with Crippen molar-refractivity contribution in [3.8, 4) is 0 Å². The molecule has 0 bridgehead atoms. The Morgan fingerprint density at radius 3 is 2.65 bits per heavy atom. The smallest absolute Gasteiger partial charge is 0.225 e. The minimum Gasteiger partial charge on any atom is -0.380 e. The molecule has 1 heterocycles. The number of likely N-dealkylation sites (N-methyl/N-ethyl adjacent to an activating group) is 1. The first-order valence-electron chi connectivity index (χ1n) is 7.47. The van der Waals surface area contributed by atoms with Gasteiger partial charge in [0.25, 0.3) is 0 Å². The fourth-order valence-corrected chi connectivity index (χ4v) is 1.84. The summed E-state index contributed by atoms with van der Waals surface area (Å²) >= 11 is 0. The van der Waals surface area contributed by atoms with Crippen LogP contribution >= 0.6 is 0 Å². The summed E-state index contributed by atoms with van der Waals surface area (Å²) in [7, 11) is 0. The van der Waals surface area contributed by atoms with E-state index in [1.165, 1.54) is 0 Å². The van der Waals surface area contributed by atoms with Gasteiger partial charge in [0, 0.05) is 49.7 Å². The molecule has 0 spiro atoms. The Balaban J connectivity index is 2.68. The van der Waals surface area contributed by atoms with Crippen LogP contribution in [-0.4, -0.2) is 42.3 Å². The van der Waals surface area contributed by atoms with Crippen molar-refractivity contribution in [2.45, 2.75) is 47.2 Å². The highest BCUT2D eigenvalue weighted by Gasteiger charge is 2.10. The van der Waals surface area contributed by atoms with Crippen molar-refractivity contribution in [1.29, 1.82) is 0 Å². The van der Waals surface area contributed by atoms with Crippen molar-refractivity contribution in [2.75, 3.05) is 31.2 Å². The lowest BCUT2D eigenvalue weighted by atomic mass is 10.2. The highest BCUT2D eigenvalue weighted by Crippen LogP contribution is 2.11. The quantitative estimate of drug-likeness (QED) is 0.702. The summed E-state index contributed by atoms with van der Waals surface area (Å²) in [6.07, 6.45) is 1.93. The molecule has 114 valence electrons. The van der Waals surface area contributed by atoms with Gasteiger partial charge in [0.05, 0.1) is 6.61 Å². The molecule has 1 aromatic heterocycles. The summed E-state index contributed by atoms with van der Waals surface area (Å²) < 4.78 is 5.40. The van der Waals surface area contributed by atoms with Crippen LogP contribution in [0.4, 0.5) is 5.95 Å². The maximum Gasteiger partial charge on any atom is 0.225 e. The zero-order valence-electron chi connectivity index (χ0n) is 13.4. The van der Waals surface area contributed by atoms with Crippen molar-refractivity contribution in [3.63, 3.8) is 0 Å². The summed E-state index contributed by atoms with van der Waals surface area (Å²) in [5, 5.41) is 3.39. The molecule has 20 heavy (non-hydrogen) atoms. The van der Waals surface area contributed by atoms with Crippen LogP contribution < -0.4 is 10.2 Å². The van der Waals surface area contributed by atoms with E-state index in [1.807, 2.05) is 20.0 Å². The molecule has 1 N–H and O–H groups in total. The number of hydrogen-bond donors (Lipinski definition) is 1. The monoisotopic (exact) mass is 280 g/mol. The van der Waals surface area contributed by atoms with Crippen LogP contribution in [0.3, 0.4) is 0 Å². The first-order valence-corrected chi connectivity index (χ1v) is 7.47. The van der Waals surface area contributed by atoms with Crippen LogP contribution in [0.15, 0.2) is 6.20 Å². The van der Waals surface area contributed by atoms with E-state index < -0.39 is 0 Å². The van der Waals surface area contributed by atoms with E-state index in [0.717, 1.165) is 43.4 Å². The van der Waals surface area contributed by atoms with Gasteiger partial charge < -0.3 is 15.0 Å². The van der Waals surface area contributed by atoms with Gasteiger partial charge in [-0.1, -0.05) is 13.8 Å². The molecule has 0 atom stereocenters. The molecule has 1 aromatic rings. The normalized spacial score (nSPS) is 11.1. The van der Waals surface area contributed by atoms with Crippen LogP contribution in [0.5, 0.6) is 0 Å². The molecule has 0 aromatic carbocycles. The molecule has 0 aliphatic heterocycles. The Kier molecular flexibility index (Phi) is 7.47. The number of aryl methyl sites for hydroxylation is 1. The van der Waals surface area contributed by atoms with E-state index in [4.69, 9.17) is 4.74 Å². The lowest BCUT2D eigenvalue weighted by Crippen LogP contribution is -2.29. The van der Waals surface area contributed by atoms with Crippen LogP contribution in [0.25, 0.3) is 0 Å². The van der Waals surface area contributed by atoms with E-state index in [0.29, 0.717) is 12.6 Å². The number of aromatic nitrogens is 2. The van der Waals surface area contributed by atoms with E-state index in [1.54, 1.807) is 0 Å². The first-order chi connectivity index (χ1) is 9.58. The fourth-order valence-electron chi connectivity index (χ4n) is 1.84. The second kappa shape index (κ2) is 8.87. The van der Waals surface area contributed by atoms with Crippen molar-refractivity contribution in [1.82, 2.24) is 15.3 Å². The zero-order chi connectivity index (χ0) is 15.0. The van der Waals surface area contributed by atoms with E-state index in [2.05, 4.69) is 41.0 Å². The average molecular weight is 280 g/mol. The SMILES string of the molecule is CCOCCN(CC)c1ncc(CNC(C)C)c(C)n1. The predicted molar refractivity (Wildman–Crippen MR) is 83.1 cm³/mol. The lowest BCUT2D eigenvalue weighted by molar-refractivity contribution is 0.153. The Labute approximate surface area is 122 Å². The maximum atomic E-state index is 5.40. The Morgan fingerprint density at radius 2 is 2.10 bits per heavy atom. The highest BCUT2D eigenvalue weighted by molar-refractivity contribution is 5.32. The zero-order valence-corrected chi connectivity index (χ0v) is 13.4. The van der Waals surface area contributed by atoms with Crippen molar-refractivity contribution in [2.24, 2.45) is 0 Å². The summed E-state index contributed by atoms with van der Waals surface area (Å²) in [5.74, 6) is 0.790. The third-order valence-corrected chi connectivity index (χ3v) is 3.14. The van der Waals surface area contributed by atoms with E-state index in [9.17, 15) is 0 Å². The van der Waals surface area contributed by atoms with Crippen LogP contribution in [0.2, 0.25) is 0 Å². The van der Waals surface area contributed by atoms with Crippen molar-refractivity contribution in [3.05, 3.63) is 17.5 Å².